The van der Waals surface area contributed by atoms with Gasteiger partial charge in [-0.15, -0.1) is 0 Å². The number of nitrogens with one attached hydrogen (secondary N) is 1. The third-order valence-electron chi connectivity index (χ3n) is 11.1. The Hall–Kier alpha value is -3.03. The third-order valence-corrected chi connectivity index (χ3v) is 11.1. The molecule has 19 unspecified atom stereocenters. The average Bonchev–Trinajstić information content (AvgIpc) is 3.23. The van der Waals surface area contributed by atoms with Crippen LogP contribution in [0.5, 0.6) is 5.75 Å². The van der Waals surface area contributed by atoms with Gasteiger partial charge in [-0.2, -0.15) is 0 Å². The number of carbonyl (C=O) groups excluding carboxylic acids is 1. The highest BCUT2D eigenvalue weighted by Crippen LogP contribution is 2.34. The molecule has 322 valence electrons. The fraction of sp³-hybridized carbons (Fsp3) is 0.615. The summed E-state index contributed by atoms with van der Waals surface area (Å²) in [6.45, 7) is 1.67. The smallest absolute Gasteiger partial charge is 0.229 e. The molecule has 0 amide bonds. The first-order valence-electron chi connectivity index (χ1n) is 19.1. The van der Waals surface area contributed by atoms with Crippen LogP contribution < -0.4 is 10.1 Å². The third kappa shape index (κ3) is 9.16. The lowest BCUT2D eigenvalue weighted by atomic mass is 9.85. The van der Waals surface area contributed by atoms with E-state index in [9.17, 15) is 61.0 Å². The summed E-state index contributed by atoms with van der Waals surface area (Å²) in [4.78, 5) is 12.8. The summed E-state index contributed by atoms with van der Waals surface area (Å²) in [6.07, 6.45) is -25.1. The van der Waals surface area contributed by atoms with Crippen LogP contribution in [-0.4, -0.2) is 192 Å². The summed E-state index contributed by atoms with van der Waals surface area (Å²) in [5.74, 6) is -0.0636. The van der Waals surface area contributed by atoms with Crippen molar-refractivity contribution in [2.75, 3.05) is 13.2 Å². The molecule has 2 aromatic rings. The van der Waals surface area contributed by atoms with E-state index in [1.165, 1.54) is 37.3 Å². The molecule has 4 aliphatic rings. The van der Waals surface area contributed by atoms with Crippen molar-refractivity contribution in [3.63, 3.8) is 0 Å². The van der Waals surface area contributed by atoms with E-state index in [2.05, 4.69) is 5.32 Å². The molecule has 0 radical (unpaired) electrons. The maximum absolute atomic E-state index is 12.8. The van der Waals surface area contributed by atoms with Crippen LogP contribution >= 0.6 is 0 Å². The number of aliphatic hydroxyl groups is 11. The van der Waals surface area contributed by atoms with E-state index in [0.717, 1.165) is 0 Å². The van der Waals surface area contributed by atoms with Crippen LogP contribution in [-0.2, 0) is 23.7 Å². The standard InChI is InChI=1S/C39H53NO18/c1-3-17-13-21(27(45)29(47)26(17)44)40-24-16(2)53-37(32(50)28(24)46)57-35-23(15-42)56-39(34(52)31(35)49)58-36-22(14-41)55-38(33(51)30(36)48)54-20-11-9-19(10-12-20)25(43)18-7-5-4-6-8-18/h4-13,16,21-24,26-42,44-52H,3,14-15H2,1-2H3. The fourth-order valence-corrected chi connectivity index (χ4v) is 7.65. The van der Waals surface area contributed by atoms with Gasteiger partial charge in [-0.1, -0.05) is 43.3 Å². The van der Waals surface area contributed by atoms with E-state index in [4.69, 9.17) is 28.4 Å². The lowest BCUT2D eigenvalue weighted by molar-refractivity contribution is -0.372. The van der Waals surface area contributed by atoms with Crippen LogP contribution in [0.25, 0.3) is 0 Å². The van der Waals surface area contributed by atoms with Gasteiger partial charge in [-0.05, 0) is 43.2 Å². The SMILES string of the molecule is CCC1=CC(NC2C(C)OC(OC3C(CO)OC(OC4C(CO)OC(Oc5ccc(C(=O)c6ccccc6)cc5)C(O)C4O)C(O)C3O)C(O)C2O)C(O)C(O)C1O. The molecule has 3 fully saturated rings. The zero-order chi connectivity index (χ0) is 42.0. The van der Waals surface area contributed by atoms with Crippen LogP contribution in [0.2, 0.25) is 0 Å². The lowest BCUT2D eigenvalue weighted by Gasteiger charge is -2.48. The highest BCUT2D eigenvalue weighted by atomic mass is 16.8. The van der Waals surface area contributed by atoms with Crippen LogP contribution in [0.1, 0.15) is 36.2 Å². The molecule has 0 bridgehead atoms. The van der Waals surface area contributed by atoms with E-state index < -0.39 is 130 Å². The van der Waals surface area contributed by atoms with E-state index in [1.807, 2.05) is 0 Å². The number of aliphatic hydroxyl groups excluding tert-OH is 11. The molecule has 0 saturated carbocycles. The topological polar surface area (TPSA) is 307 Å². The van der Waals surface area contributed by atoms with Gasteiger partial charge in [0.25, 0.3) is 0 Å². The quantitative estimate of drug-likeness (QED) is 0.0680. The number of carbonyl (C=O) groups is 1. The van der Waals surface area contributed by atoms with Crippen molar-refractivity contribution in [3.05, 3.63) is 77.4 Å². The van der Waals surface area contributed by atoms with E-state index in [1.54, 1.807) is 37.3 Å². The summed E-state index contributed by atoms with van der Waals surface area (Å²) >= 11 is 0. The van der Waals surface area contributed by atoms with Crippen molar-refractivity contribution in [2.45, 2.75) is 137 Å². The van der Waals surface area contributed by atoms with Crippen molar-refractivity contribution in [3.8, 4) is 5.75 Å². The second kappa shape index (κ2) is 19.1. The van der Waals surface area contributed by atoms with Gasteiger partial charge in [-0.25, -0.2) is 0 Å². The highest BCUT2D eigenvalue weighted by Gasteiger charge is 2.54. The van der Waals surface area contributed by atoms with Crippen molar-refractivity contribution >= 4 is 5.78 Å². The zero-order valence-corrected chi connectivity index (χ0v) is 31.6. The molecule has 58 heavy (non-hydrogen) atoms. The molecule has 2 aromatic carbocycles. The Labute approximate surface area is 333 Å². The normalized spacial score (nSPS) is 42.1. The van der Waals surface area contributed by atoms with Gasteiger partial charge in [0.15, 0.2) is 18.4 Å². The summed E-state index contributed by atoms with van der Waals surface area (Å²) in [5.41, 5.74) is 1.31. The monoisotopic (exact) mass is 823 g/mol. The van der Waals surface area contributed by atoms with Crippen LogP contribution in [0, 0.1) is 0 Å². The number of ketones is 1. The molecule has 3 saturated heterocycles. The summed E-state index contributed by atoms with van der Waals surface area (Å²) in [6, 6.07) is 12.6. The Morgan fingerprint density at radius 2 is 1.16 bits per heavy atom. The average molecular weight is 824 g/mol. The van der Waals surface area contributed by atoms with Crippen LogP contribution in [0.15, 0.2) is 66.2 Å². The van der Waals surface area contributed by atoms with Gasteiger partial charge in [0.2, 0.25) is 6.29 Å². The number of ether oxygens (including phenoxy) is 6. The number of hydrogen-bond acceptors (Lipinski definition) is 19. The summed E-state index contributed by atoms with van der Waals surface area (Å²) in [7, 11) is 0. The molecule has 3 aliphatic heterocycles. The fourth-order valence-electron chi connectivity index (χ4n) is 7.65. The van der Waals surface area contributed by atoms with E-state index >= 15 is 0 Å². The largest absolute Gasteiger partial charge is 0.462 e. The minimum absolute atomic E-state index is 0.162. The molecule has 19 atom stereocenters. The van der Waals surface area contributed by atoms with Crippen molar-refractivity contribution < 1.29 is 89.4 Å². The molecular formula is C39H53NO18. The summed E-state index contributed by atoms with van der Waals surface area (Å²) in [5, 5.41) is 121. The molecule has 0 spiro atoms. The minimum Gasteiger partial charge on any atom is -0.462 e. The molecular weight excluding hydrogens is 770 g/mol. The molecule has 19 heteroatoms. The molecule has 3 heterocycles. The van der Waals surface area contributed by atoms with E-state index in [0.29, 0.717) is 23.1 Å². The van der Waals surface area contributed by atoms with Crippen molar-refractivity contribution in [2.24, 2.45) is 0 Å². The van der Waals surface area contributed by atoms with Crippen LogP contribution in [0.4, 0.5) is 0 Å². The molecule has 12 N–H and O–H groups in total. The van der Waals surface area contributed by atoms with E-state index in [-0.39, 0.29) is 11.5 Å². The first kappa shape index (κ1) is 44.5. The maximum Gasteiger partial charge on any atom is 0.229 e. The zero-order valence-electron chi connectivity index (χ0n) is 31.6. The Bertz CT molecular complexity index is 1670. The Morgan fingerprint density at radius 3 is 1.72 bits per heavy atom. The Balaban J connectivity index is 1.06. The van der Waals surface area contributed by atoms with Gasteiger partial charge in [0, 0.05) is 11.1 Å². The lowest BCUT2D eigenvalue weighted by Crippen LogP contribution is -2.68. The van der Waals surface area contributed by atoms with Gasteiger partial charge in [0.1, 0.15) is 85.1 Å². The predicted octanol–water partition coefficient (Wildman–Crippen LogP) is -3.83. The van der Waals surface area contributed by atoms with Crippen molar-refractivity contribution in [1.29, 1.82) is 0 Å². The molecule has 1 aliphatic carbocycles. The maximum atomic E-state index is 12.8. The second-order valence-corrected chi connectivity index (χ2v) is 14.9. The Morgan fingerprint density at radius 1 is 0.638 bits per heavy atom. The predicted molar refractivity (Wildman–Crippen MR) is 196 cm³/mol. The first-order chi connectivity index (χ1) is 27.7. The first-order valence-corrected chi connectivity index (χ1v) is 19.1. The van der Waals surface area contributed by atoms with Gasteiger partial charge in [0.05, 0.1) is 31.4 Å². The molecule has 6 rings (SSSR count). The Kier molecular flexibility index (Phi) is 14.7. The minimum atomic E-state index is -1.95. The van der Waals surface area contributed by atoms with Gasteiger partial charge >= 0.3 is 0 Å². The number of hydrogen-bond donors (Lipinski definition) is 12. The van der Waals surface area contributed by atoms with Crippen molar-refractivity contribution in [1.82, 2.24) is 5.32 Å². The number of rotatable bonds is 13. The molecule has 19 nitrogen and oxygen atoms in total. The summed E-state index contributed by atoms with van der Waals surface area (Å²) < 4.78 is 34.5. The van der Waals surface area contributed by atoms with Gasteiger partial charge in [-0.3, -0.25) is 4.79 Å². The molecule has 0 aromatic heterocycles. The number of benzene rings is 2. The van der Waals surface area contributed by atoms with Crippen LogP contribution in [0.3, 0.4) is 0 Å². The van der Waals surface area contributed by atoms with Gasteiger partial charge < -0.3 is 89.9 Å². The highest BCUT2D eigenvalue weighted by molar-refractivity contribution is 6.08. The second-order valence-electron chi connectivity index (χ2n) is 14.9.